The van der Waals surface area contributed by atoms with Gasteiger partial charge < -0.3 is 29.7 Å². The van der Waals surface area contributed by atoms with E-state index in [1.165, 1.54) is 24.3 Å². The summed E-state index contributed by atoms with van der Waals surface area (Å²) in [5, 5.41) is 6.50. The second-order valence-electron chi connectivity index (χ2n) is 15.4. The van der Waals surface area contributed by atoms with Crippen LogP contribution in [-0.2, 0) is 29.1 Å². The maximum Gasteiger partial charge on any atom is 0.408 e. The maximum atomic E-state index is 14.4. The Morgan fingerprint density at radius 1 is 1.12 bits per heavy atom. The number of hydrogen-bond donors (Lipinski definition) is 3. The minimum atomic E-state index is -3.91. The summed E-state index contributed by atoms with van der Waals surface area (Å²) in [5.41, 5.74) is -3.24. The van der Waals surface area contributed by atoms with Gasteiger partial charge in [-0.2, -0.15) is 0 Å². The largest absolute Gasteiger partial charge is 0.494 e. The maximum absolute atomic E-state index is 14.4. The lowest BCUT2D eigenvalue weighted by Crippen LogP contribution is -2.60. The monoisotopic (exact) mass is 747 g/mol. The SMILES string of the molecule is C=C[C@@H]1C[C@]1(NC(=O)[C@@H]1C[C@@H](Oc2ncc(OC)c3cc(Cl)ccc23)CN1C(=O)[C@@H](NC(=O)OC(C)(C)C)C(C)(C)C)C(=O)NS(=O)(=O)C1CC1. The molecular weight excluding hydrogens is 702 g/mol. The van der Waals surface area contributed by atoms with Crippen LogP contribution < -0.4 is 24.8 Å². The first-order valence-corrected chi connectivity index (χ1v) is 18.7. The number of aromatic nitrogens is 1. The van der Waals surface area contributed by atoms with E-state index in [0.29, 0.717) is 34.4 Å². The number of fused-ring (bicyclic) bond motifs is 1. The van der Waals surface area contributed by atoms with Crippen molar-refractivity contribution in [2.45, 2.75) is 102 Å². The average Bonchev–Trinajstić information content (AvgIpc) is 3.95. The van der Waals surface area contributed by atoms with Crippen LogP contribution in [0.1, 0.15) is 67.2 Å². The Morgan fingerprint density at radius 2 is 1.80 bits per heavy atom. The first-order valence-electron chi connectivity index (χ1n) is 16.8. The van der Waals surface area contributed by atoms with Crippen LogP contribution in [0.3, 0.4) is 0 Å². The lowest BCUT2D eigenvalue weighted by atomic mass is 9.85. The molecule has 2 aliphatic carbocycles. The van der Waals surface area contributed by atoms with Crippen LogP contribution in [0.2, 0.25) is 5.02 Å². The van der Waals surface area contributed by atoms with Gasteiger partial charge in [0.1, 0.15) is 35.1 Å². The van der Waals surface area contributed by atoms with Crippen LogP contribution in [0, 0.1) is 11.3 Å². The van der Waals surface area contributed by atoms with E-state index in [9.17, 15) is 27.6 Å². The molecule has 51 heavy (non-hydrogen) atoms. The highest BCUT2D eigenvalue weighted by molar-refractivity contribution is 7.91. The van der Waals surface area contributed by atoms with E-state index in [1.807, 2.05) is 0 Å². The molecule has 2 heterocycles. The van der Waals surface area contributed by atoms with Gasteiger partial charge in [0.15, 0.2) is 0 Å². The summed E-state index contributed by atoms with van der Waals surface area (Å²) in [6.45, 7) is 14.1. The number of ether oxygens (including phenoxy) is 3. The molecule has 0 bridgehead atoms. The molecule has 0 radical (unpaired) electrons. The topological polar surface area (TPSA) is 182 Å². The number of methoxy groups -OCH3 is 1. The van der Waals surface area contributed by atoms with Gasteiger partial charge in [-0.15, -0.1) is 6.58 Å². The molecular formula is C35H46ClN5O9S. The third-order valence-corrected chi connectivity index (χ3v) is 11.2. The van der Waals surface area contributed by atoms with Crippen LogP contribution in [0.15, 0.2) is 37.1 Å². The summed E-state index contributed by atoms with van der Waals surface area (Å²) in [6, 6.07) is 2.80. The number of benzene rings is 1. The minimum absolute atomic E-state index is 0.0134. The Hall–Kier alpha value is -4.11. The number of hydrogen-bond acceptors (Lipinski definition) is 10. The Labute approximate surface area is 303 Å². The van der Waals surface area contributed by atoms with E-state index in [4.69, 9.17) is 25.8 Å². The van der Waals surface area contributed by atoms with E-state index in [-0.39, 0.29) is 25.3 Å². The molecule has 4 amide bonds. The molecule has 2 aromatic rings. The zero-order valence-electron chi connectivity index (χ0n) is 29.9. The number of sulfonamides is 1. The first kappa shape index (κ1) is 38.1. The molecule has 16 heteroatoms. The van der Waals surface area contributed by atoms with Gasteiger partial charge in [-0.1, -0.05) is 38.4 Å². The van der Waals surface area contributed by atoms with Crippen LogP contribution in [-0.4, -0.2) is 90.3 Å². The van der Waals surface area contributed by atoms with E-state index in [2.05, 4.69) is 26.9 Å². The summed E-state index contributed by atoms with van der Waals surface area (Å²) in [5.74, 6) is -1.98. The predicted molar refractivity (Wildman–Crippen MR) is 190 cm³/mol. The van der Waals surface area contributed by atoms with Crippen molar-refractivity contribution >= 4 is 56.2 Å². The minimum Gasteiger partial charge on any atom is -0.494 e. The van der Waals surface area contributed by atoms with E-state index in [1.54, 1.807) is 59.7 Å². The molecule has 3 N–H and O–H groups in total. The summed E-state index contributed by atoms with van der Waals surface area (Å²) >= 11 is 6.26. The van der Waals surface area contributed by atoms with Gasteiger partial charge in [0.05, 0.1) is 25.1 Å². The number of carbonyl (C=O) groups is 4. The van der Waals surface area contributed by atoms with Crippen molar-refractivity contribution in [3.8, 4) is 11.6 Å². The van der Waals surface area contributed by atoms with Gasteiger partial charge in [-0.05, 0) is 63.6 Å². The number of likely N-dealkylation sites (tertiary alicyclic amines) is 1. The average molecular weight is 748 g/mol. The summed E-state index contributed by atoms with van der Waals surface area (Å²) in [6.07, 6.45) is 2.41. The summed E-state index contributed by atoms with van der Waals surface area (Å²) in [7, 11) is -2.40. The van der Waals surface area contributed by atoms with E-state index < -0.39 is 79.7 Å². The van der Waals surface area contributed by atoms with Crippen molar-refractivity contribution in [1.82, 2.24) is 25.2 Å². The molecule has 1 aliphatic heterocycles. The molecule has 3 fully saturated rings. The lowest BCUT2D eigenvalue weighted by Gasteiger charge is -2.36. The quantitative estimate of drug-likeness (QED) is 0.286. The number of halogens is 1. The number of alkyl carbamates (subject to hydrolysis) is 1. The molecule has 1 aromatic heterocycles. The number of nitrogens with zero attached hydrogens (tertiary/aromatic N) is 2. The Bertz CT molecular complexity index is 1850. The summed E-state index contributed by atoms with van der Waals surface area (Å²) in [4.78, 5) is 60.8. The number of carbonyl (C=O) groups excluding carboxylic acids is 4. The molecule has 0 unspecified atom stereocenters. The molecule has 1 saturated heterocycles. The van der Waals surface area contributed by atoms with E-state index >= 15 is 0 Å². The van der Waals surface area contributed by atoms with Crippen LogP contribution in [0.25, 0.3) is 10.8 Å². The molecule has 0 spiro atoms. The van der Waals surface area contributed by atoms with Gasteiger partial charge in [0, 0.05) is 28.1 Å². The highest BCUT2D eigenvalue weighted by atomic mass is 35.5. The first-order chi connectivity index (χ1) is 23.7. The van der Waals surface area contributed by atoms with Crippen molar-refractivity contribution in [3.63, 3.8) is 0 Å². The van der Waals surface area contributed by atoms with Gasteiger partial charge in [-0.3, -0.25) is 19.1 Å². The van der Waals surface area contributed by atoms with Crippen molar-refractivity contribution in [1.29, 1.82) is 0 Å². The molecule has 1 aromatic carbocycles. The second kappa shape index (κ2) is 13.8. The fourth-order valence-electron chi connectivity index (χ4n) is 6.21. The second-order valence-corrected chi connectivity index (χ2v) is 17.8. The zero-order chi connectivity index (χ0) is 37.7. The van der Waals surface area contributed by atoms with Crippen molar-refractivity contribution < 1.29 is 41.8 Å². The van der Waals surface area contributed by atoms with E-state index in [0.717, 1.165) is 0 Å². The number of nitrogens with one attached hydrogen (secondary N) is 3. The molecule has 5 atom stereocenters. The highest BCUT2D eigenvalue weighted by Crippen LogP contribution is 2.45. The van der Waals surface area contributed by atoms with Crippen LogP contribution in [0.4, 0.5) is 4.79 Å². The van der Waals surface area contributed by atoms with Gasteiger partial charge >= 0.3 is 6.09 Å². The fraction of sp³-hybridized carbons (Fsp3) is 0.571. The molecule has 5 rings (SSSR count). The fourth-order valence-corrected chi connectivity index (χ4v) is 7.75. The summed E-state index contributed by atoms with van der Waals surface area (Å²) < 4.78 is 44.7. The molecule has 14 nitrogen and oxygen atoms in total. The Morgan fingerprint density at radius 3 is 2.37 bits per heavy atom. The van der Waals surface area contributed by atoms with Crippen molar-refractivity contribution in [2.24, 2.45) is 11.3 Å². The van der Waals surface area contributed by atoms with Crippen molar-refractivity contribution in [3.05, 3.63) is 42.1 Å². The van der Waals surface area contributed by atoms with Gasteiger partial charge in [0.25, 0.3) is 5.91 Å². The Balaban J connectivity index is 1.46. The normalized spacial score (nSPS) is 23.9. The smallest absolute Gasteiger partial charge is 0.408 e. The third-order valence-electron chi connectivity index (χ3n) is 9.15. The van der Waals surface area contributed by atoms with Crippen LogP contribution in [0.5, 0.6) is 11.6 Å². The standard InChI is InChI=1S/C35H46ClN5O9S/c1-9-19-16-35(19,31(44)40-51(46,47)22-11-12-22)39-28(42)25-15-21(49-29-23-13-10-20(36)14-24(23)26(48-8)17-37-29)18-41(25)30(43)27(33(2,3)4)38-32(45)50-34(5,6)7/h9-10,13-14,17,19,21-22,25,27H,1,11-12,15-16,18H2,2-8H3,(H,38,45)(H,39,42)(H,40,44)/t19-,21-,25+,27-,35-/m1/s1. The third kappa shape index (κ3) is 8.35. The van der Waals surface area contributed by atoms with Crippen molar-refractivity contribution in [2.75, 3.05) is 13.7 Å². The highest BCUT2D eigenvalue weighted by Gasteiger charge is 2.62. The molecule has 278 valence electrons. The lowest BCUT2D eigenvalue weighted by molar-refractivity contribution is -0.143. The number of rotatable bonds is 11. The van der Waals surface area contributed by atoms with Gasteiger partial charge in [-0.25, -0.2) is 18.2 Å². The predicted octanol–water partition coefficient (Wildman–Crippen LogP) is 3.85. The molecule has 3 aliphatic rings. The molecule has 2 saturated carbocycles. The Kier molecular flexibility index (Phi) is 10.3. The van der Waals surface area contributed by atoms with Crippen LogP contribution >= 0.6 is 11.6 Å². The number of amides is 4. The zero-order valence-corrected chi connectivity index (χ0v) is 31.4. The number of pyridine rings is 1. The van der Waals surface area contributed by atoms with Gasteiger partial charge in [0.2, 0.25) is 27.7 Å².